The molecule has 0 amide bonds. The Bertz CT molecular complexity index is 872. The molecule has 3 rings (SSSR count). The summed E-state index contributed by atoms with van der Waals surface area (Å²) in [4.78, 5) is 16.2. The summed E-state index contributed by atoms with van der Waals surface area (Å²) < 4.78 is 15.8. The fraction of sp³-hybridized carbons (Fsp3) is 0.278. The van der Waals surface area contributed by atoms with Gasteiger partial charge >= 0.3 is 5.97 Å². The summed E-state index contributed by atoms with van der Waals surface area (Å²) in [6, 6.07) is 9.46. The Morgan fingerprint density at radius 1 is 1.12 bits per heavy atom. The summed E-state index contributed by atoms with van der Waals surface area (Å²) in [5.41, 5.74) is 4.23. The lowest BCUT2D eigenvalue weighted by Crippen LogP contribution is -2.15. The van der Waals surface area contributed by atoms with Crippen LogP contribution < -0.4 is 4.74 Å². The molecule has 0 radical (unpaired) electrons. The van der Waals surface area contributed by atoms with Crippen molar-refractivity contribution >= 4 is 17.1 Å². The van der Waals surface area contributed by atoms with Crippen LogP contribution in [0.4, 0.5) is 0 Å². The molecular weight excluding hydrogens is 308 g/mol. The van der Waals surface area contributed by atoms with E-state index in [1.54, 1.807) is 0 Å². The second-order valence-corrected chi connectivity index (χ2v) is 5.55. The van der Waals surface area contributed by atoms with Crippen LogP contribution >= 0.6 is 0 Å². The van der Waals surface area contributed by atoms with Gasteiger partial charge < -0.3 is 14.0 Å². The van der Waals surface area contributed by atoms with Gasteiger partial charge in [-0.3, -0.25) is 0 Å². The molecule has 0 N–H and O–H groups in total. The molecule has 3 aromatic rings. The summed E-state index contributed by atoms with van der Waals surface area (Å²) in [6.07, 6.45) is 0. The molecule has 6 nitrogen and oxygen atoms in total. The van der Waals surface area contributed by atoms with Gasteiger partial charge in [0.05, 0.1) is 0 Å². The van der Waals surface area contributed by atoms with Crippen molar-refractivity contribution in [3.05, 3.63) is 52.7 Å². The van der Waals surface area contributed by atoms with Crippen LogP contribution in [0.5, 0.6) is 5.88 Å². The van der Waals surface area contributed by atoms with E-state index in [4.69, 9.17) is 14.0 Å². The maximum absolute atomic E-state index is 11.8. The van der Waals surface area contributed by atoms with Crippen LogP contribution in [0.2, 0.25) is 0 Å². The second-order valence-electron chi connectivity index (χ2n) is 5.55. The lowest BCUT2D eigenvalue weighted by atomic mass is 10.1. The molecule has 0 bridgehead atoms. The summed E-state index contributed by atoms with van der Waals surface area (Å²) in [5.74, 6) is -0.209. The van der Waals surface area contributed by atoms with Gasteiger partial charge in [-0.2, -0.15) is 0 Å². The molecule has 2 heterocycles. The minimum atomic E-state index is -0.468. The average molecular weight is 326 g/mol. The van der Waals surface area contributed by atoms with Gasteiger partial charge in [-0.15, -0.1) is 0 Å². The summed E-state index contributed by atoms with van der Waals surface area (Å²) in [7, 11) is 0. The molecule has 0 saturated heterocycles. The van der Waals surface area contributed by atoms with Gasteiger partial charge in [-0.1, -0.05) is 30.3 Å². The first-order chi connectivity index (χ1) is 11.6. The van der Waals surface area contributed by atoms with Crippen LogP contribution in [0.1, 0.15) is 22.4 Å². The van der Waals surface area contributed by atoms with Crippen molar-refractivity contribution < 1.29 is 18.8 Å². The molecule has 6 heteroatoms. The fourth-order valence-electron chi connectivity index (χ4n) is 2.37. The highest BCUT2D eigenvalue weighted by Gasteiger charge is 2.18. The molecule has 124 valence electrons. The van der Waals surface area contributed by atoms with E-state index in [1.165, 1.54) is 0 Å². The van der Waals surface area contributed by atoms with Crippen molar-refractivity contribution in [2.24, 2.45) is 0 Å². The number of rotatable bonds is 5. The zero-order chi connectivity index (χ0) is 17.1. The molecule has 0 aliphatic heterocycles. The number of hydrogen-bond donors (Lipinski definition) is 0. The number of ether oxygens (including phenoxy) is 2. The van der Waals surface area contributed by atoms with Crippen molar-refractivity contribution in [3.63, 3.8) is 0 Å². The van der Waals surface area contributed by atoms with Gasteiger partial charge in [-0.05, 0) is 42.6 Å². The van der Waals surface area contributed by atoms with Gasteiger partial charge in [0.15, 0.2) is 6.61 Å². The lowest BCUT2D eigenvalue weighted by Gasteiger charge is -2.07. The molecule has 0 fully saturated rings. The van der Waals surface area contributed by atoms with Crippen LogP contribution in [0.25, 0.3) is 11.1 Å². The number of benzene rings is 1. The van der Waals surface area contributed by atoms with Crippen LogP contribution in [0, 0.1) is 20.8 Å². The van der Waals surface area contributed by atoms with E-state index in [1.807, 2.05) is 51.1 Å². The zero-order valence-corrected chi connectivity index (χ0v) is 13.8. The Hall–Kier alpha value is -2.89. The second kappa shape index (κ2) is 6.70. The predicted octanol–water partition coefficient (Wildman–Crippen LogP) is 3.27. The van der Waals surface area contributed by atoms with Crippen LogP contribution in [0.15, 0.2) is 34.9 Å². The first-order valence-electron chi connectivity index (χ1n) is 7.62. The molecule has 0 atom stereocenters. The van der Waals surface area contributed by atoms with Crippen molar-refractivity contribution in [2.45, 2.75) is 27.4 Å². The number of esters is 1. The first-order valence-corrected chi connectivity index (χ1v) is 7.62. The third-order valence-corrected chi connectivity index (χ3v) is 3.96. The number of fused-ring (bicyclic) bond motifs is 1. The van der Waals surface area contributed by atoms with Crippen LogP contribution in [0.3, 0.4) is 0 Å². The number of nitrogens with zero attached hydrogens (tertiary/aromatic N) is 2. The van der Waals surface area contributed by atoms with Crippen molar-refractivity contribution in [1.82, 2.24) is 10.1 Å². The molecule has 2 aromatic heterocycles. The monoisotopic (exact) mass is 326 g/mol. The van der Waals surface area contributed by atoms with E-state index < -0.39 is 5.97 Å². The third kappa shape index (κ3) is 3.22. The largest absolute Gasteiger partial charge is 0.463 e. The Balaban J connectivity index is 1.65. The summed E-state index contributed by atoms with van der Waals surface area (Å²) >= 11 is 0. The quantitative estimate of drug-likeness (QED) is 0.670. The molecule has 24 heavy (non-hydrogen) atoms. The summed E-state index contributed by atoms with van der Waals surface area (Å²) in [6.45, 7) is 5.81. The third-order valence-electron chi connectivity index (χ3n) is 3.96. The number of carbonyl (C=O) groups is 1. The maximum atomic E-state index is 11.8. The van der Waals surface area contributed by atoms with E-state index in [0.717, 1.165) is 22.4 Å². The lowest BCUT2D eigenvalue weighted by molar-refractivity contribution is -0.147. The van der Waals surface area contributed by atoms with E-state index in [-0.39, 0.29) is 19.1 Å². The van der Waals surface area contributed by atoms with Gasteiger partial charge in [-0.25, -0.2) is 9.78 Å². The first kappa shape index (κ1) is 16.0. The van der Waals surface area contributed by atoms with E-state index in [0.29, 0.717) is 11.1 Å². The SMILES string of the molecule is Cc1nc2onc(OCC(=O)OCc3ccccc3)c2c(C)c1C. The van der Waals surface area contributed by atoms with Gasteiger partial charge in [0.25, 0.3) is 11.6 Å². The summed E-state index contributed by atoms with van der Waals surface area (Å²) in [5, 5.41) is 4.55. The van der Waals surface area contributed by atoms with Crippen LogP contribution in [-0.4, -0.2) is 22.7 Å². The predicted molar refractivity (Wildman–Crippen MR) is 87.7 cm³/mol. The van der Waals surface area contributed by atoms with E-state index in [2.05, 4.69) is 10.1 Å². The molecular formula is C18H18N2O4. The smallest absolute Gasteiger partial charge is 0.344 e. The number of carbonyl (C=O) groups excluding carboxylic acids is 1. The molecule has 0 unspecified atom stereocenters. The van der Waals surface area contributed by atoms with E-state index in [9.17, 15) is 4.79 Å². The van der Waals surface area contributed by atoms with Crippen LogP contribution in [-0.2, 0) is 16.1 Å². The Kier molecular flexibility index (Phi) is 4.46. The standard InChI is InChI=1S/C18H18N2O4/c1-11-12(2)16-17(19-13(11)3)24-20-18(16)23-10-15(21)22-9-14-7-5-4-6-8-14/h4-8H,9-10H2,1-3H3. The molecule has 0 saturated carbocycles. The highest BCUT2D eigenvalue weighted by molar-refractivity contribution is 5.84. The number of pyridine rings is 1. The fourth-order valence-corrected chi connectivity index (χ4v) is 2.37. The maximum Gasteiger partial charge on any atom is 0.344 e. The zero-order valence-electron chi connectivity index (χ0n) is 13.8. The minimum Gasteiger partial charge on any atom is -0.463 e. The topological polar surface area (TPSA) is 74.5 Å². The van der Waals surface area contributed by atoms with Gasteiger partial charge in [0, 0.05) is 5.69 Å². The number of aryl methyl sites for hydroxylation is 2. The van der Waals surface area contributed by atoms with Gasteiger partial charge in [0.1, 0.15) is 12.0 Å². The van der Waals surface area contributed by atoms with E-state index >= 15 is 0 Å². The average Bonchev–Trinajstić information content (AvgIpc) is 3.00. The Labute approximate surface area is 139 Å². The normalized spacial score (nSPS) is 10.8. The van der Waals surface area contributed by atoms with Crippen molar-refractivity contribution in [2.75, 3.05) is 6.61 Å². The molecule has 0 aliphatic rings. The van der Waals surface area contributed by atoms with Gasteiger partial charge in [0.2, 0.25) is 0 Å². The van der Waals surface area contributed by atoms with Crippen molar-refractivity contribution in [3.8, 4) is 5.88 Å². The number of aromatic nitrogens is 2. The van der Waals surface area contributed by atoms with Crippen molar-refractivity contribution in [1.29, 1.82) is 0 Å². The molecule has 0 aliphatic carbocycles. The Morgan fingerprint density at radius 2 is 1.88 bits per heavy atom. The molecule has 1 aromatic carbocycles. The molecule has 0 spiro atoms. The number of hydrogen-bond acceptors (Lipinski definition) is 6. The Morgan fingerprint density at radius 3 is 2.62 bits per heavy atom. The minimum absolute atomic E-state index is 0.210. The highest BCUT2D eigenvalue weighted by atomic mass is 16.6. The highest BCUT2D eigenvalue weighted by Crippen LogP contribution is 2.29.